The molecule has 1 aromatic heterocycles. The van der Waals surface area contributed by atoms with Crippen LogP contribution in [-0.4, -0.2) is 47.7 Å². The molecule has 29 heavy (non-hydrogen) atoms. The SMILES string of the molecule is N#Cc1ccnc(C(=O)NCCC(O)CNC(=O)COc2ccc(Cl)c(F)c2)c1. The molecule has 0 aliphatic carbocycles. The van der Waals surface area contributed by atoms with E-state index in [2.05, 4.69) is 15.6 Å². The topological polar surface area (TPSA) is 124 Å². The van der Waals surface area contributed by atoms with Crippen molar-refractivity contribution in [3.8, 4) is 11.8 Å². The predicted molar refractivity (Wildman–Crippen MR) is 102 cm³/mol. The highest BCUT2D eigenvalue weighted by atomic mass is 35.5. The monoisotopic (exact) mass is 420 g/mol. The molecule has 0 saturated heterocycles. The Bertz CT molecular complexity index is 919. The van der Waals surface area contributed by atoms with E-state index in [-0.39, 0.29) is 42.6 Å². The molecule has 2 rings (SSSR count). The quantitative estimate of drug-likeness (QED) is 0.563. The van der Waals surface area contributed by atoms with E-state index in [9.17, 15) is 19.1 Å². The molecule has 0 aliphatic heterocycles. The number of pyridine rings is 1. The summed E-state index contributed by atoms with van der Waals surface area (Å²) in [6.45, 7) is -0.254. The molecule has 3 N–H and O–H groups in total. The predicted octanol–water partition coefficient (Wildman–Crippen LogP) is 1.42. The van der Waals surface area contributed by atoms with Crippen LogP contribution in [0.15, 0.2) is 36.5 Å². The molecule has 1 unspecified atom stereocenters. The van der Waals surface area contributed by atoms with Crippen molar-refractivity contribution in [2.75, 3.05) is 19.7 Å². The van der Waals surface area contributed by atoms with Gasteiger partial charge in [0, 0.05) is 25.4 Å². The zero-order valence-corrected chi connectivity index (χ0v) is 15.9. The maximum Gasteiger partial charge on any atom is 0.269 e. The Morgan fingerprint density at radius 2 is 2.10 bits per heavy atom. The van der Waals surface area contributed by atoms with Gasteiger partial charge in [-0.3, -0.25) is 14.6 Å². The minimum Gasteiger partial charge on any atom is -0.484 e. The minimum atomic E-state index is -0.898. The summed E-state index contributed by atoms with van der Waals surface area (Å²) in [5, 5.41) is 23.7. The molecule has 0 fully saturated rings. The molecule has 10 heteroatoms. The van der Waals surface area contributed by atoms with E-state index in [0.29, 0.717) is 5.56 Å². The molecular formula is C19H18ClFN4O4. The van der Waals surface area contributed by atoms with Crippen molar-refractivity contribution >= 4 is 23.4 Å². The lowest BCUT2D eigenvalue weighted by molar-refractivity contribution is -0.123. The van der Waals surface area contributed by atoms with Gasteiger partial charge in [-0.15, -0.1) is 0 Å². The lowest BCUT2D eigenvalue weighted by atomic mass is 10.2. The molecule has 0 spiro atoms. The zero-order valence-electron chi connectivity index (χ0n) is 15.2. The molecule has 1 atom stereocenters. The highest BCUT2D eigenvalue weighted by Crippen LogP contribution is 2.20. The third kappa shape index (κ3) is 7.37. The number of benzene rings is 1. The second-order valence-corrected chi connectivity index (χ2v) is 6.32. The number of nitriles is 1. The summed E-state index contributed by atoms with van der Waals surface area (Å²) in [5.41, 5.74) is 0.416. The first kappa shape index (κ1) is 22.1. The van der Waals surface area contributed by atoms with Crippen LogP contribution in [0.1, 0.15) is 22.5 Å². The summed E-state index contributed by atoms with van der Waals surface area (Å²) in [7, 11) is 0. The van der Waals surface area contributed by atoms with Crippen LogP contribution in [0.2, 0.25) is 5.02 Å². The molecule has 0 aliphatic rings. The van der Waals surface area contributed by atoms with Gasteiger partial charge in [0.05, 0.1) is 22.8 Å². The molecule has 0 radical (unpaired) electrons. The number of carbonyl (C=O) groups is 2. The van der Waals surface area contributed by atoms with E-state index in [0.717, 1.165) is 6.07 Å². The van der Waals surface area contributed by atoms with Gasteiger partial charge in [-0.05, 0) is 30.7 Å². The van der Waals surface area contributed by atoms with Gasteiger partial charge >= 0.3 is 0 Å². The van der Waals surface area contributed by atoms with Crippen LogP contribution in [0.5, 0.6) is 5.75 Å². The third-order valence-electron chi connectivity index (χ3n) is 3.68. The number of ether oxygens (including phenoxy) is 1. The Morgan fingerprint density at radius 3 is 2.83 bits per heavy atom. The van der Waals surface area contributed by atoms with Crippen LogP contribution < -0.4 is 15.4 Å². The Kier molecular flexibility index (Phi) is 8.33. The first-order valence-corrected chi connectivity index (χ1v) is 8.94. The molecule has 1 aromatic carbocycles. The molecule has 0 bridgehead atoms. The number of halogens is 2. The number of nitrogens with zero attached hydrogens (tertiary/aromatic N) is 2. The minimum absolute atomic E-state index is 0.0464. The number of carbonyl (C=O) groups excluding carboxylic acids is 2. The van der Waals surface area contributed by atoms with Crippen LogP contribution in [0.25, 0.3) is 0 Å². The summed E-state index contributed by atoms with van der Waals surface area (Å²) in [6.07, 6.45) is 0.650. The van der Waals surface area contributed by atoms with Gasteiger partial charge in [0.15, 0.2) is 6.61 Å². The summed E-state index contributed by atoms with van der Waals surface area (Å²) >= 11 is 5.56. The second kappa shape index (κ2) is 10.9. The van der Waals surface area contributed by atoms with Gasteiger partial charge in [0.1, 0.15) is 17.3 Å². The van der Waals surface area contributed by atoms with Crippen molar-refractivity contribution in [3.05, 3.63) is 58.6 Å². The molecule has 152 valence electrons. The van der Waals surface area contributed by atoms with Gasteiger partial charge < -0.3 is 20.5 Å². The van der Waals surface area contributed by atoms with Crippen molar-refractivity contribution in [3.63, 3.8) is 0 Å². The van der Waals surface area contributed by atoms with Crippen LogP contribution in [0.3, 0.4) is 0 Å². The van der Waals surface area contributed by atoms with Crippen LogP contribution in [0.4, 0.5) is 4.39 Å². The van der Waals surface area contributed by atoms with E-state index in [1.807, 2.05) is 6.07 Å². The van der Waals surface area contributed by atoms with Crippen LogP contribution >= 0.6 is 11.6 Å². The zero-order chi connectivity index (χ0) is 21.2. The highest BCUT2D eigenvalue weighted by Gasteiger charge is 2.11. The van der Waals surface area contributed by atoms with E-state index in [4.69, 9.17) is 21.6 Å². The van der Waals surface area contributed by atoms with Crippen molar-refractivity contribution in [2.24, 2.45) is 0 Å². The van der Waals surface area contributed by atoms with Gasteiger partial charge in [-0.1, -0.05) is 11.6 Å². The molecule has 1 heterocycles. The van der Waals surface area contributed by atoms with Crippen molar-refractivity contribution in [2.45, 2.75) is 12.5 Å². The first-order chi connectivity index (χ1) is 13.9. The fourth-order valence-electron chi connectivity index (χ4n) is 2.17. The number of aliphatic hydroxyl groups excluding tert-OH is 1. The van der Waals surface area contributed by atoms with E-state index >= 15 is 0 Å². The summed E-state index contributed by atoms with van der Waals surface area (Å²) in [6, 6.07) is 8.56. The van der Waals surface area contributed by atoms with Gasteiger partial charge in [0.2, 0.25) is 0 Å². The molecule has 2 aromatic rings. The van der Waals surface area contributed by atoms with Crippen molar-refractivity contribution < 1.29 is 23.8 Å². The maximum atomic E-state index is 13.3. The molecule has 2 amide bonds. The number of hydrogen-bond donors (Lipinski definition) is 3. The lowest BCUT2D eigenvalue weighted by Gasteiger charge is -2.13. The molecule has 8 nitrogen and oxygen atoms in total. The van der Waals surface area contributed by atoms with E-state index in [1.165, 1.54) is 30.5 Å². The number of nitrogens with one attached hydrogen (secondary N) is 2. The number of rotatable bonds is 9. The number of hydrogen-bond acceptors (Lipinski definition) is 6. The number of aromatic nitrogens is 1. The Hall–Kier alpha value is -3.22. The average Bonchev–Trinajstić information content (AvgIpc) is 2.73. The summed E-state index contributed by atoms with van der Waals surface area (Å²) in [4.78, 5) is 27.5. The highest BCUT2D eigenvalue weighted by molar-refractivity contribution is 6.30. The Balaban J connectivity index is 1.65. The second-order valence-electron chi connectivity index (χ2n) is 5.91. The van der Waals surface area contributed by atoms with E-state index < -0.39 is 23.7 Å². The van der Waals surface area contributed by atoms with Crippen molar-refractivity contribution in [1.29, 1.82) is 5.26 Å². The molecule has 0 saturated carbocycles. The standard InChI is InChI=1S/C19H18ClFN4O4/c20-15-2-1-14(8-16(15)21)29-11-18(27)25-10-13(26)4-6-24-19(28)17-7-12(9-22)3-5-23-17/h1-3,5,7-8,13,26H,4,6,10-11H2,(H,24,28)(H,25,27). The fraction of sp³-hybridized carbons (Fsp3) is 0.263. The third-order valence-corrected chi connectivity index (χ3v) is 3.99. The van der Waals surface area contributed by atoms with Crippen LogP contribution in [-0.2, 0) is 4.79 Å². The van der Waals surface area contributed by atoms with Gasteiger partial charge in [-0.2, -0.15) is 5.26 Å². The Labute approximate surface area is 171 Å². The number of aliphatic hydroxyl groups is 1. The Morgan fingerprint density at radius 1 is 1.31 bits per heavy atom. The smallest absolute Gasteiger partial charge is 0.269 e. The average molecular weight is 421 g/mol. The van der Waals surface area contributed by atoms with Crippen molar-refractivity contribution in [1.82, 2.24) is 15.6 Å². The fourth-order valence-corrected chi connectivity index (χ4v) is 2.28. The summed E-state index contributed by atoms with van der Waals surface area (Å²) < 4.78 is 18.4. The van der Waals surface area contributed by atoms with Gasteiger partial charge in [0.25, 0.3) is 11.8 Å². The van der Waals surface area contributed by atoms with Crippen LogP contribution in [0, 0.1) is 17.1 Å². The van der Waals surface area contributed by atoms with E-state index in [1.54, 1.807) is 0 Å². The number of amides is 2. The molecular weight excluding hydrogens is 403 g/mol. The lowest BCUT2D eigenvalue weighted by Crippen LogP contribution is -2.37. The maximum absolute atomic E-state index is 13.3. The van der Waals surface area contributed by atoms with Gasteiger partial charge in [-0.25, -0.2) is 4.39 Å². The normalized spacial score (nSPS) is 11.2. The largest absolute Gasteiger partial charge is 0.484 e. The summed E-state index contributed by atoms with van der Waals surface area (Å²) in [5.74, 6) is -1.47. The first-order valence-electron chi connectivity index (χ1n) is 8.56.